The third kappa shape index (κ3) is 2.44. The molecule has 1 aromatic rings. The molecule has 88 valence electrons. The first kappa shape index (κ1) is 11.6. The number of piperidine rings is 1. The molecule has 0 aromatic carbocycles. The summed E-state index contributed by atoms with van der Waals surface area (Å²) in [5.41, 5.74) is 0.899. The maximum atomic E-state index is 9.06. The first-order chi connectivity index (χ1) is 7.70. The first-order valence-corrected chi connectivity index (χ1v) is 5.93. The molecule has 0 atom stereocenters. The number of hydrogen-bond donors (Lipinski definition) is 1. The first-order valence-electron chi connectivity index (χ1n) is 5.55. The van der Waals surface area contributed by atoms with Gasteiger partial charge in [0.2, 0.25) is 5.95 Å². The molecule has 5 heteroatoms. The van der Waals surface area contributed by atoms with E-state index in [1.54, 1.807) is 6.20 Å². The Balaban J connectivity index is 2.05. The second-order valence-electron chi connectivity index (χ2n) is 4.26. The molecule has 0 aliphatic carbocycles. The van der Waals surface area contributed by atoms with Crippen LogP contribution in [0.5, 0.6) is 0 Å². The molecule has 0 unspecified atom stereocenters. The van der Waals surface area contributed by atoms with Gasteiger partial charge in [-0.2, -0.15) is 0 Å². The van der Waals surface area contributed by atoms with Crippen LogP contribution in [0.3, 0.4) is 0 Å². The second-order valence-corrected chi connectivity index (χ2v) is 4.61. The fourth-order valence-electron chi connectivity index (χ4n) is 1.88. The average molecular weight is 242 g/mol. The molecule has 1 aromatic heterocycles. The molecule has 0 spiro atoms. The van der Waals surface area contributed by atoms with Crippen LogP contribution in [0.4, 0.5) is 5.95 Å². The molecular formula is C11H16ClN3O. The summed E-state index contributed by atoms with van der Waals surface area (Å²) in [6, 6.07) is 0. The van der Waals surface area contributed by atoms with E-state index in [2.05, 4.69) is 14.9 Å². The van der Waals surface area contributed by atoms with Gasteiger partial charge in [-0.3, -0.25) is 0 Å². The highest BCUT2D eigenvalue weighted by Gasteiger charge is 2.20. The van der Waals surface area contributed by atoms with Gasteiger partial charge >= 0.3 is 0 Å². The highest BCUT2D eigenvalue weighted by Crippen LogP contribution is 2.21. The monoisotopic (exact) mass is 241 g/mol. The zero-order valence-electron chi connectivity index (χ0n) is 9.36. The van der Waals surface area contributed by atoms with Crippen LogP contribution in [-0.2, 0) is 0 Å². The predicted molar refractivity (Wildman–Crippen MR) is 63.8 cm³/mol. The molecule has 4 nitrogen and oxygen atoms in total. The van der Waals surface area contributed by atoms with Crippen molar-refractivity contribution in [2.45, 2.75) is 19.8 Å². The maximum Gasteiger partial charge on any atom is 0.226 e. The Labute approximate surface area is 100 Å². The van der Waals surface area contributed by atoms with Crippen LogP contribution in [0, 0.1) is 12.8 Å². The van der Waals surface area contributed by atoms with Gasteiger partial charge in [0.1, 0.15) is 5.15 Å². The van der Waals surface area contributed by atoms with Gasteiger partial charge in [-0.05, 0) is 25.7 Å². The Kier molecular flexibility index (Phi) is 3.61. The SMILES string of the molecule is Cc1cnc(N2CCC(CO)CC2)nc1Cl. The topological polar surface area (TPSA) is 49.2 Å². The molecule has 2 rings (SSSR count). The van der Waals surface area contributed by atoms with Gasteiger partial charge in [0.05, 0.1) is 0 Å². The van der Waals surface area contributed by atoms with Gasteiger partial charge in [0, 0.05) is 31.5 Å². The lowest BCUT2D eigenvalue weighted by atomic mass is 9.98. The minimum atomic E-state index is 0.281. The maximum absolute atomic E-state index is 9.06. The van der Waals surface area contributed by atoms with Crippen LogP contribution in [0.15, 0.2) is 6.20 Å². The normalized spacial score (nSPS) is 17.8. The summed E-state index contributed by atoms with van der Waals surface area (Å²) < 4.78 is 0. The quantitative estimate of drug-likeness (QED) is 0.800. The van der Waals surface area contributed by atoms with E-state index in [9.17, 15) is 0 Å². The van der Waals surface area contributed by atoms with E-state index in [-0.39, 0.29) is 6.61 Å². The van der Waals surface area contributed by atoms with Gasteiger partial charge in [-0.25, -0.2) is 9.97 Å². The summed E-state index contributed by atoms with van der Waals surface area (Å²) in [7, 11) is 0. The summed E-state index contributed by atoms with van der Waals surface area (Å²) in [4.78, 5) is 10.7. The number of aliphatic hydroxyl groups is 1. The van der Waals surface area contributed by atoms with E-state index in [1.807, 2.05) is 6.92 Å². The average Bonchev–Trinajstić information content (AvgIpc) is 2.33. The van der Waals surface area contributed by atoms with Crippen LogP contribution in [0.1, 0.15) is 18.4 Å². The van der Waals surface area contributed by atoms with E-state index < -0.39 is 0 Å². The number of aromatic nitrogens is 2. The van der Waals surface area contributed by atoms with Crippen molar-refractivity contribution in [3.8, 4) is 0 Å². The number of aryl methyl sites for hydroxylation is 1. The lowest BCUT2D eigenvalue weighted by Crippen LogP contribution is -2.35. The van der Waals surface area contributed by atoms with Crippen molar-refractivity contribution in [1.82, 2.24) is 9.97 Å². The van der Waals surface area contributed by atoms with Crippen LogP contribution < -0.4 is 4.90 Å². The van der Waals surface area contributed by atoms with E-state index in [0.717, 1.165) is 31.5 Å². The third-order valence-electron chi connectivity index (χ3n) is 3.05. The summed E-state index contributed by atoms with van der Waals surface area (Å²) in [6.07, 6.45) is 3.74. The van der Waals surface area contributed by atoms with Crippen LogP contribution in [0.2, 0.25) is 5.15 Å². The molecule has 1 saturated heterocycles. The van der Waals surface area contributed by atoms with E-state index in [1.165, 1.54) is 0 Å². The van der Waals surface area contributed by atoms with Gasteiger partial charge < -0.3 is 10.0 Å². The number of nitrogens with zero attached hydrogens (tertiary/aromatic N) is 3. The largest absolute Gasteiger partial charge is 0.396 e. The summed E-state index contributed by atoms with van der Waals surface area (Å²) in [5, 5.41) is 9.58. The lowest BCUT2D eigenvalue weighted by Gasteiger charge is -2.31. The van der Waals surface area contributed by atoms with E-state index >= 15 is 0 Å². The molecule has 0 bridgehead atoms. The molecule has 0 saturated carbocycles. The molecule has 0 amide bonds. The minimum Gasteiger partial charge on any atom is -0.396 e. The number of halogens is 1. The molecule has 1 N–H and O–H groups in total. The van der Waals surface area contributed by atoms with Crippen molar-refractivity contribution in [2.75, 3.05) is 24.6 Å². The van der Waals surface area contributed by atoms with Gasteiger partial charge in [-0.1, -0.05) is 11.6 Å². The Bertz CT molecular complexity index is 364. The Morgan fingerprint density at radius 2 is 2.19 bits per heavy atom. The van der Waals surface area contributed by atoms with Crippen LogP contribution >= 0.6 is 11.6 Å². The Morgan fingerprint density at radius 1 is 1.50 bits per heavy atom. The van der Waals surface area contributed by atoms with Crippen LogP contribution in [-0.4, -0.2) is 34.8 Å². The van der Waals surface area contributed by atoms with Crippen molar-refractivity contribution in [1.29, 1.82) is 0 Å². The van der Waals surface area contributed by atoms with Crippen molar-refractivity contribution in [2.24, 2.45) is 5.92 Å². The molecular weight excluding hydrogens is 226 g/mol. The molecule has 1 fully saturated rings. The number of aliphatic hydroxyl groups excluding tert-OH is 1. The number of anilines is 1. The molecule has 1 aliphatic rings. The molecule has 16 heavy (non-hydrogen) atoms. The fraction of sp³-hybridized carbons (Fsp3) is 0.636. The minimum absolute atomic E-state index is 0.281. The highest BCUT2D eigenvalue weighted by molar-refractivity contribution is 6.30. The zero-order valence-corrected chi connectivity index (χ0v) is 10.1. The summed E-state index contributed by atoms with van der Waals surface area (Å²) >= 11 is 5.97. The fourth-order valence-corrected chi connectivity index (χ4v) is 2.00. The molecule has 0 radical (unpaired) electrons. The van der Waals surface area contributed by atoms with E-state index in [0.29, 0.717) is 17.0 Å². The number of rotatable bonds is 2. The Hall–Kier alpha value is -0.870. The highest BCUT2D eigenvalue weighted by atomic mass is 35.5. The molecule has 1 aliphatic heterocycles. The molecule has 2 heterocycles. The standard InChI is InChI=1S/C11H16ClN3O/c1-8-6-13-11(14-10(8)12)15-4-2-9(7-16)3-5-15/h6,9,16H,2-5,7H2,1H3. The van der Waals surface area contributed by atoms with Gasteiger partial charge in [-0.15, -0.1) is 0 Å². The summed E-state index contributed by atoms with van der Waals surface area (Å²) in [6.45, 7) is 3.96. The third-order valence-corrected chi connectivity index (χ3v) is 3.44. The predicted octanol–water partition coefficient (Wildman–Crippen LogP) is 1.65. The lowest BCUT2D eigenvalue weighted by molar-refractivity contribution is 0.202. The van der Waals surface area contributed by atoms with Crippen molar-refractivity contribution in [3.05, 3.63) is 16.9 Å². The van der Waals surface area contributed by atoms with Gasteiger partial charge in [0.15, 0.2) is 0 Å². The van der Waals surface area contributed by atoms with Crippen molar-refractivity contribution < 1.29 is 5.11 Å². The number of hydrogen-bond acceptors (Lipinski definition) is 4. The Morgan fingerprint density at radius 3 is 2.75 bits per heavy atom. The second kappa shape index (κ2) is 4.97. The van der Waals surface area contributed by atoms with Crippen molar-refractivity contribution in [3.63, 3.8) is 0 Å². The smallest absolute Gasteiger partial charge is 0.226 e. The van der Waals surface area contributed by atoms with E-state index in [4.69, 9.17) is 16.7 Å². The van der Waals surface area contributed by atoms with Gasteiger partial charge in [0.25, 0.3) is 0 Å². The van der Waals surface area contributed by atoms with Crippen molar-refractivity contribution >= 4 is 17.5 Å². The zero-order chi connectivity index (χ0) is 11.5. The summed E-state index contributed by atoms with van der Waals surface area (Å²) in [5.74, 6) is 1.13. The van der Waals surface area contributed by atoms with Crippen LogP contribution in [0.25, 0.3) is 0 Å².